The Labute approximate surface area is 165 Å². The number of nitrogens with zero attached hydrogens (tertiary/aromatic N) is 1. The lowest BCUT2D eigenvalue weighted by molar-refractivity contribution is -0.384. The molecule has 8 nitrogen and oxygen atoms in total. The van der Waals surface area contributed by atoms with Gasteiger partial charge in [0.05, 0.1) is 23.2 Å². The van der Waals surface area contributed by atoms with Crippen molar-refractivity contribution in [2.45, 2.75) is 0 Å². The molecule has 0 aliphatic carbocycles. The van der Waals surface area contributed by atoms with E-state index in [-0.39, 0.29) is 16.9 Å². The smallest absolute Gasteiger partial charge is 0.343 e. The summed E-state index contributed by atoms with van der Waals surface area (Å²) < 4.78 is 15.5. The van der Waals surface area contributed by atoms with Gasteiger partial charge in [0.25, 0.3) is 5.69 Å². The molecule has 146 valence electrons. The van der Waals surface area contributed by atoms with Crippen LogP contribution in [0.15, 0.2) is 72.8 Å². The lowest BCUT2D eigenvalue weighted by Crippen LogP contribution is -2.11. The van der Waals surface area contributed by atoms with Gasteiger partial charge in [-0.05, 0) is 42.5 Å². The Balaban J connectivity index is 1.76. The summed E-state index contributed by atoms with van der Waals surface area (Å²) in [4.78, 5) is 34.5. The van der Waals surface area contributed by atoms with E-state index < -0.39 is 22.5 Å². The van der Waals surface area contributed by atoms with E-state index in [2.05, 4.69) is 4.74 Å². The van der Waals surface area contributed by atoms with E-state index in [1.807, 2.05) is 18.2 Å². The lowest BCUT2D eigenvalue weighted by atomic mass is 10.1. The second-order valence-electron chi connectivity index (χ2n) is 5.79. The average molecular weight is 393 g/mol. The summed E-state index contributed by atoms with van der Waals surface area (Å²) in [6, 6.07) is 18.7. The van der Waals surface area contributed by atoms with Crippen LogP contribution in [-0.4, -0.2) is 24.0 Å². The van der Waals surface area contributed by atoms with Crippen LogP contribution < -0.4 is 9.47 Å². The standard InChI is InChI=1S/C21H15NO7/c1-27-20(23)14-11-15(13-16(12-14)22(25)26)21(24)29-19-9-7-18(8-10-19)28-17-5-3-2-4-6-17/h2-13H,1H3. The van der Waals surface area contributed by atoms with Crippen LogP contribution >= 0.6 is 0 Å². The molecule has 0 amide bonds. The van der Waals surface area contributed by atoms with Gasteiger partial charge in [-0.3, -0.25) is 10.1 Å². The number of carbonyl (C=O) groups is 2. The summed E-state index contributed by atoms with van der Waals surface area (Å²) in [7, 11) is 1.14. The number of methoxy groups -OCH3 is 1. The maximum absolute atomic E-state index is 12.4. The highest BCUT2D eigenvalue weighted by Crippen LogP contribution is 2.25. The van der Waals surface area contributed by atoms with E-state index in [1.165, 1.54) is 18.2 Å². The Morgan fingerprint density at radius 3 is 1.93 bits per heavy atom. The number of hydrogen-bond donors (Lipinski definition) is 0. The van der Waals surface area contributed by atoms with Crippen molar-refractivity contribution in [3.8, 4) is 17.2 Å². The number of hydrogen-bond acceptors (Lipinski definition) is 7. The number of non-ortho nitro benzene ring substituents is 1. The summed E-state index contributed by atoms with van der Waals surface area (Å²) in [5.74, 6) is -0.245. The summed E-state index contributed by atoms with van der Waals surface area (Å²) in [6.07, 6.45) is 0. The van der Waals surface area contributed by atoms with Crippen molar-refractivity contribution in [1.82, 2.24) is 0 Å². The zero-order valence-electron chi connectivity index (χ0n) is 15.2. The highest BCUT2D eigenvalue weighted by molar-refractivity contribution is 5.97. The molecule has 0 aliphatic heterocycles. The predicted molar refractivity (Wildman–Crippen MR) is 102 cm³/mol. The molecule has 0 saturated heterocycles. The molecule has 0 N–H and O–H groups in total. The topological polar surface area (TPSA) is 105 Å². The monoisotopic (exact) mass is 393 g/mol. The van der Waals surface area contributed by atoms with Crippen LogP contribution in [0.1, 0.15) is 20.7 Å². The van der Waals surface area contributed by atoms with E-state index >= 15 is 0 Å². The zero-order chi connectivity index (χ0) is 20.8. The SMILES string of the molecule is COC(=O)c1cc(C(=O)Oc2ccc(Oc3ccccc3)cc2)cc([N+](=O)[O-])c1. The first-order chi connectivity index (χ1) is 14.0. The molecule has 0 unspecified atom stereocenters. The van der Waals surface area contributed by atoms with Gasteiger partial charge in [-0.25, -0.2) is 9.59 Å². The van der Waals surface area contributed by atoms with Gasteiger partial charge >= 0.3 is 11.9 Å². The molecule has 0 aromatic heterocycles. The maximum Gasteiger partial charge on any atom is 0.343 e. The van der Waals surface area contributed by atoms with Crippen molar-refractivity contribution in [3.05, 3.63) is 94.0 Å². The highest BCUT2D eigenvalue weighted by atomic mass is 16.6. The fourth-order valence-corrected chi connectivity index (χ4v) is 2.44. The molecule has 0 atom stereocenters. The molecule has 0 spiro atoms. The van der Waals surface area contributed by atoms with Gasteiger partial charge in [-0.2, -0.15) is 0 Å². The molecule has 3 aromatic carbocycles. The van der Waals surface area contributed by atoms with Crippen LogP contribution in [0.5, 0.6) is 17.2 Å². The fraction of sp³-hybridized carbons (Fsp3) is 0.0476. The molecule has 3 rings (SSSR count). The van der Waals surface area contributed by atoms with Gasteiger partial charge in [0.1, 0.15) is 17.2 Å². The Hall–Kier alpha value is -4.20. The molecule has 0 aliphatic rings. The first kappa shape index (κ1) is 19.6. The van der Waals surface area contributed by atoms with Gasteiger partial charge in [0.2, 0.25) is 0 Å². The number of benzene rings is 3. The first-order valence-corrected chi connectivity index (χ1v) is 8.39. The summed E-state index contributed by atoms with van der Waals surface area (Å²) in [6.45, 7) is 0. The molecule has 0 heterocycles. The van der Waals surface area contributed by atoms with E-state index in [1.54, 1.807) is 24.3 Å². The second kappa shape index (κ2) is 8.66. The van der Waals surface area contributed by atoms with Crippen LogP contribution in [0.4, 0.5) is 5.69 Å². The van der Waals surface area contributed by atoms with Gasteiger partial charge in [-0.15, -0.1) is 0 Å². The molecular weight excluding hydrogens is 378 g/mol. The number of ether oxygens (including phenoxy) is 3. The van der Waals surface area contributed by atoms with Crippen molar-refractivity contribution in [2.75, 3.05) is 7.11 Å². The molecule has 0 fully saturated rings. The third-order valence-electron chi connectivity index (χ3n) is 3.80. The minimum Gasteiger partial charge on any atom is -0.465 e. The second-order valence-corrected chi connectivity index (χ2v) is 5.79. The molecule has 8 heteroatoms. The van der Waals surface area contributed by atoms with Gasteiger partial charge in [0, 0.05) is 12.1 Å². The normalized spacial score (nSPS) is 10.1. The van der Waals surface area contributed by atoms with Crippen LogP contribution in [0.25, 0.3) is 0 Å². The van der Waals surface area contributed by atoms with Crippen LogP contribution in [0.2, 0.25) is 0 Å². The molecular formula is C21H15NO7. The van der Waals surface area contributed by atoms with E-state index in [0.717, 1.165) is 19.2 Å². The average Bonchev–Trinajstić information content (AvgIpc) is 2.74. The maximum atomic E-state index is 12.4. The molecule has 0 radical (unpaired) electrons. The third kappa shape index (κ3) is 4.95. The Kier molecular flexibility index (Phi) is 5.84. The third-order valence-corrected chi connectivity index (χ3v) is 3.80. The summed E-state index contributed by atoms with van der Waals surface area (Å²) in [5.41, 5.74) is -0.698. The number of carbonyl (C=O) groups excluding carboxylic acids is 2. The first-order valence-electron chi connectivity index (χ1n) is 8.39. The zero-order valence-corrected chi connectivity index (χ0v) is 15.2. The van der Waals surface area contributed by atoms with Crippen LogP contribution in [0, 0.1) is 10.1 Å². The minimum absolute atomic E-state index is 0.125. The van der Waals surface area contributed by atoms with E-state index in [0.29, 0.717) is 11.5 Å². The molecule has 0 bridgehead atoms. The van der Waals surface area contributed by atoms with Crippen molar-refractivity contribution in [2.24, 2.45) is 0 Å². The molecule has 3 aromatic rings. The van der Waals surface area contributed by atoms with Crippen molar-refractivity contribution in [1.29, 1.82) is 0 Å². The van der Waals surface area contributed by atoms with Crippen molar-refractivity contribution < 1.29 is 28.7 Å². The van der Waals surface area contributed by atoms with Crippen molar-refractivity contribution >= 4 is 17.6 Å². The van der Waals surface area contributed by atoms with Crippen LogP contribution in [0.3, 0.4) is 0 Å². The Morgan fingerprint density at radius 2 is 1.34 bits per heavy atom. The molecule has 0 saturated carbocycles. The number of nitro groups is 1. The fourth-order valence-electron chi connectivity index (χ4n) is 2.44. The molecule has 29 heavy (non-hydrogen) atoms. The summed E-state index contributed by atoms with van der Waals surface area (Å²) >= 11 is 0. The van der Waals surface area contributed by atoms with Gasteiger partial charge in [-0.1, -0.05) is 18.2 Å². The number of esters is 2. The quantitative estimate of drug-likeness (QED) is 0.265. The van der Waals surface area contributed by atoms with E-state index in [9.17, 15) is 19.7 Å². The van der Waals surface area contributed by atoms with Gasteiger partial charge < -0.3 is 14.2 Å². The Bertz CT molecular complexity index is 1050. The van der Waals surface area contributed by atoms with E-state index in [4.69, 9.17) is 9.47 Å². The lowest BCUT2D eigenvalue weighted by Gasteiger charge is -2.08. The minimum atomic E-state index is -0.851. The summed E-state index contributed by atoms with van der Waals surface area (Å²) in [5, 5.41) is 11.1. The van der Waals surface area contributed by atoms with Crippen LogP contribution in [-0.2, 0) is 4.74 Å². The Morgan fingerprint density at radius 1 is 0.793 bits per heavy atom. The highest BCUT2D eigenvalue weighted by Gasteiger charge is 2.19. The number of para-hydroxylation sites is 1. The van der Waals surface area contributed by atoms with Crippen molar-refractivity contribution in [3.63, 3.8) is 0 Å². The largest absolute Gasteiger partial charge is 0.465 e. The van der Waals surface area contributed by atoms with Gasteiger partial charge in [0.15, 0.2) is 0 Å². The number of nitro benzene ring substituents is 1. The predicted octanol–water partition coefficient (Wildman–Crippen LogP) is 4.39. The number of rotatable bonds is 6.